The van der Waals surface area contributed by atoms with E-state index in [0.717, 1.165) is 137 Å². The number of piperidine rings is 5. The fourth-order valence-corrected chi connectivity index (χ4v) is 21.9. The van der Waals surface area contributed by atoms with Crippen LogP contribution in [0.4, 0.5) is 14.0 Å². The van der Waals surface area contributed by atoms with Gasteiger partial charge in [-0.15, -0.1) is 0 Å². The lowest BCUT2D eigenvalue weighted by Gasteiger charge is -2.40. The van der Waals surface area contributed by atoms with E-state index >= 15 is 0 Å². The predicted octanol–water partition coefficient (Wildman–Crippen LogP) is 17.0. The lowest BCUT2D eigenvalue weighted by atomic mass is 9.99. The number of alkyl carbamates (subject to hydrolysis) is 2. The van der Waals surface area contributed by atoms with Gasteiger partial charge in [-0.1, -0.05) is 119 Å². The van der Waals surface area contributed by atoms with Crippen LogP contribution in [0.5, 0.6) is 0 Å². The van der Waals surface area contributed by atoms with Gasteiger partial charge in [-0.3, -0.25) is 24.5 Å². The van der Waals surface area contributed by atoms with Crippen molar-refractivity contribution in [2.45, 2.75) is 240 Å². The molecule has 5 aromatic carbocycles. The van der Waals surface area contributed by atoms with Crippen LogP contribution >= 0.6 is 113 Å². The molecule has 28 heteroatoms. The number of fused-ring (bicyclic) bond motifs is 5. The molecule has 112 heavy (non-hydrogen) atoms. The van der Waals surface area contributed by atoms with E-state index in [9.17, 15) is 39.5 Å². The average molecular weight is 1820 g/mol. The van der Waals surface area contributed by atoms with Gasteiger partial charge >= 0.3 is 12.2 Å². The van der Waals surface area contributed by atoms with E-state index in [0.29, 0.717) is 86.6 Å². The smallest absolute Gasteiger partial charge is 0.407 e. The molecule has 5 aliphatic heterocycles. The number of benzene rings is 5. The van der Waals surface area contributed by atoms with Crippen molar-refractivity contribution in [2.24, 2.45) is 0 Å². The van der Waals surface area contributed by atoms with E-state index in [2.05, 4.69) is 105 Å². The molecule has 0 saturated carbocycles. The van der Waals surface area contributed by atoms with Gasteiger partial charge in [-0.05, 0) is 290 Å². The largest absolute Gasteiger partial charge is 0.444 e. The predicted molar refractivity (Wildman–Crippen MR) is 455 cm³/mol. The number of carbonyl (C=O) groups excluding carboxylic acids is 2. The molecule has 18 nitrogen and oxygen atoms in total. The zero-order valence-electron chi connectivity index (χ0n) is 66.0. The number of aliphatic hydroxyl groups excluding tert-OH is 5. The van der Waals surface area contributed by atoms with Crippen LogP contribution in [0.3, 0.4) is 0 Å². The fourth-order valence-electron chi connectivity index (χ4n) is 18.6. The highest BCUT2D eigenvalue weighted by atomic mass is 79.9. The zero-order chi connectivity index (χ0) is 81.1. The zero-order valence-corrected chi connectivity index (χ0v) is 74.5. The Hall–Kier alpha value is -2.92. The first-order valence-corrected chi connectivity index (χ1v) is 43.9. The monoisotopic (exact) mass is 1810 g/mol. The number of nitrogens with zero attached hydrogens (tertiary/aromatic N) is 7. The van der Waals surface area contributed by atoms with E-state index in [4.69, 9.17) is 90.7 Å². The Kier molecular flexibility index (Phi) is 31.4. The van der Waals surface area contributed by atoms with Crippen LogP contribution in [0, 0.1) is 5.82 Å². The van der Waals surface area contributed by atoms with Crippen molar-refractivity contribution in [3.63, 3.8) is 0 Å². The van der Waals surface area contributed by atoms with Crippen LogP contribution in [-0.4, -0.2) is 232 Å². The van der Waals surface area contributed by atoms with Gasteiger partial charge in [-0.25, -0.2) is 14.0 Å². The number of ether oxygens (including phenoxy) is 2. The molecule has 15 rings (SSSR count). The highest BCUT2D eigenvalue weighted by molar-refractivity contribution is 9.10. The van der Waals surface area contributed by atoms with Gasteiger partial charge in [0.15, 0.2) is 0 Å². The third kappa shape index (κ3) is 22.6. The lowest BCUT2D eigenvalue weighted by Crippen LogP contribution is -2.50. The molecule has 618 valence electrons. The van der Waals surface area contributed by atoms with E-state index in [1.807, 2.05) is 77.9 Å². The number of hydrogen-bond donors (Lipinski definition) is 7. The maximum Gasteiger partial charge on any atom is 0.407 e. The van der Waals surface area contributed by atoms with Crippen LogP contribution < -0.4 is 10.6 Å². The first-order chi connectivity index (χ1) is 52.9. The Balaban J connectivity index is 0.000000139. The normalized spacial score (nSPS) is 28.1. The van der Waals surface area contributed by atoms with Gasteiger partial charge in [-0.2, -0.15) is 0 Å². The molecule has 0 unspecified atom stereocenters. The van der Waals surface area contributed by atoms with Crippen LogP contribution in [0.2, 0.25) is 35.2 Å². The van der Waals surface area contributed by atoms with Crippen molar-refractivity contribution in [1.82, 2.24) is 44.9 Å². The summed E-state index contributed by atoms with van der Waals surface area (Å²) in [7, 11) is 8.53. The van der Waals surface area contributed by atoms with Crippen LogP contribution in [0.1, 0.15) is 198 Å². The molecular formula is C84H113Br2Cl7FN9O9. The Bertz CT molecular complexity index is 3890. The number of nitrogens with one attached hydrogen (secondary N) is 2. The molecule has 10 aliphatic rings. The summed E-state index contributed by atoms with van der Waals surface area (Å²) in [6.45, 7) is 20.2. The minimum Gasteiger partial charge on any atom is -0.444 e. The molecule has 0 radical (unpaired) electrons. The Morgan fingerprint density at radius 1 is 0.402 bits per heavy atom. The number of likely N-dealkylation sites (N-methyl/N-ethyl adjacent to an activating group) is 2. The maximum atomic E-state index is 14.2. The third-order valence-corrected chi connectivity index (χ3v) is 26.7. The van der Waals surface area contributed by atoms with Crippen molar-refractivity contribution < 1.29 is 49.0 Å². The summed E-state index contributed by atoms with van der Waals surface area (Å²) in [6, 6.07) is 19.1. The van der Waals surface area contributed by atoms with Crippen LogP contribution in [-0.2, 0) is 41.6 Å². The molecule has 0 aromatic heterocycles. The first-order valence-electron chi connectivity index (χ1n) is 39.7. The van der Waals surface area contributed by atoms with Crippen LogP contribution in [0.15, 0.2) is 69.6 Å². The highest BCUT2D eigenvalue weighted by Crippen LogP contribution is 2.48. The number of hydrogen-bond acceptors (Lipinski definition) is 16. The van der Waals surface area contributed by atoms with E-state index in [1.165, 1.54) is 55.7 Å². The molecule has 5 heterocycles. The first kappa shape index (κ1) is 89.9. The second-order valence-electron chi connectivity index (χ2n) is 34.4. The number of likely N-dealkylation sites (tertiary alicyclic amines) is 5. The molecule has 0 spiro atoms. The Labute approximate surface area is 713 Å². The number of rotatable bonds is 9. The average Bonchev–Trinajstić information content (AvgIpc) is 1.64. The Morgan fingerprint density at radius 2 is 0.688 bits per heavy atom. The number of carbonyl (C=O) groups is 2. The third-order valence-electron chi connectivity index (χ3n) is 23.5. The van der Waals surface area contributed by atoms with Crippen LogP contribution in [0.25, 0.3) is 0 Å². The summed E-state index contributed by atoms with van der Waals surface area (Å²) >= 11 is 50.4. The van der Waals surface area contributed by atoms with E-state index in [-0.39, 0.29) is 72.8 Å². The van der Waals surface area contributed by atoms with Crippen molar-refractivity contribution in [1.29, 1.82) is 0 Å². The second-order valence-corrected chi connectivity index (χ2v) is 39.1. The quantitative estimate of drug-likeness (QED) is 0.0734. The standard InChI is InChI=1S/C19H26BrClN2O3.C19H26ClFN2O3.C16H22BrClN2O.C16H22Cl2N2O.C14H17Cl2NO/c1-19(2,3)26-18(25)22-12-5-4-6-23(10-12)17-14-7-11(21)8-15(20)13(14)9-16(17)24;1-19(2,3)26-18(25)22-12-5-4-6-23(10-12)17-14-7-11(20)8-15(21)13(14)9-16(17)24;1-19(2)11-4-3-5-20(9-11)16-13-6-10(18)7-14(17)12(13)8-15(16)21;1-19(2)11-4-3-5-20(9-11)16-13-6-10(17)7-14(18)12(13)8-15(16)21;15-9-6-11-10(12(16)7-9)8-13(18)14(11)17-4-2-1-3-5-17/h2*7-8,12,16-17,24H,4-6,9-10H2,1-3H3,(H,22,25);2*6-7,11,15-16,21H,3-5,8-9H2,1-2H3;6-7,13-14,18H,1-5,8H2/t2*12-,16-,17-;2*11-,15-,16-;13-,14-/m11111/s1. The van der Waals surface area contributed by atoms with E-state index < -0.39 is 35.6 Å². The molecule has 2 amide bonds. The molecule has 0 bridgehead atoms. The van der Waals surface area contributed by atoms with Gasteiger partial charge in [0.1, 0.15) is 17.0 Å². The molecule has 7 N–H and O–H groups in total. The summed E-state index contributed by atoms with van der Waals surface area (Å²) in [6.07, 6.45) is 11.9. The topological polar surface area (TPSA) is 200 Å². The molecule has 5 saturated heterocycles. The number of amides is 2. The maximum absolute atomic E-state index is 14.2. The molecule has 5 aliphatic carbocycles. The van der Waals surface area contributed by atoms with Gasteiger partial charge in [0, 0.05) is 127 Å². The van der Waals surface area contributed by atoms with Crippen molar-refractivity contribution in [3.05, 3.63) is 166 Å². The minimum absolute atomic E-state index is 0.0116. The van der Waals surface area contributed by atoms with Gasteiger partial charge in [0.2, 0.25) is 0 Å². The van der Waals surface area contributed by atoms with Crippen molar-refractivity contribution in [2.75, 3.05) is 93.6 Å². The molecule has 5 fully saturated rings. The van der Waals surface area contributed by atoms with Gasteiger partial charge in [0.05, 0.1) is 60.7 Å². The van der Waals surface area contributed by atoms with Gasteiger partial charge in [0.25, 0.3) is 0 Å². The summed E-state index contributed by atoms with van der Waals surface area (Å²) in [5.41, 5.74) is 9.20. The molecular weight excluding hydrogens is 1710 g/mol. The SMILES string of the molecule is CC(C)(C)OC(=O)N[C@@H]1CCCN([C@@H]2c3cc(Cl)cc(Br)c3C[C@H]2O)C1.CC(C)(C)OC(=O)N[C@@H]1CCCN([C@@H]2c3cc(Cl)cc(F)c3C[C@H]2O)C1.CN(C)[C@@H]1CCCN([C@@H]2c3cc(Cl)cc(Br)c3C[C@H]2O)C1.CN(C)[C@@H]1CCCN([C@@H]2c3cc(Cl)cc(Cl)c3C[C@H]2O)C1.O[C@@H]1Cc2c(Cl)cc(Cl)cc2[C@H]1N1CCCCC1. The minimum atomic E-state index is -0.682. The fraction of sp³-hybridized carbons (Fsp3) is 0.619. The number of halogens is 10. The molecule has 14 atom stereocenters. The highest BCUT2D eigenvalue weighted by Gasteiger charge is 2.45. The summed E-state index contributed by atoms with van der Waals surface area (Å²) in [5, 5.41) is 63.0. The number of aliphatic hydroxyl groups is 5. The molecule has 5 aromatic rings. The van der Waals surface area contributed by atoms with E-state index in [1.54, 1.807) is 18.2 Å². The Morgan fingerprint density at radius 3 is 1.04 bits per heavy atom. The lowest BCUT2D eigenvalue weighted by molar-refractivity contribution is 0.0266. The summed E-state index contributed by atoms with van der Waals surface area (Å²) in [4.78, 5) is 40.3. The second kappa shape index (κ2) is 39.1. The summed E-state index contributed by atoms with van der Waals surface area (Å²) < 4.78 is 26.8. The van der Waals surface area contributed by atoms with Gasteiger partial charge < -0.3 is 55.4 Å². The van der Waals surface area contributed by atoms with Crippen molar-refractivity contribution in [3.8, 4) is 0 Å². The summed E-state index contributed by atoms with van der Waals surface area (Å²) in [5.74, 6) is -0.366. The van der Waals surface area contributed by atoms with Crippen molar-refractivity contribution >= 4 is 125 Å².